The highest BCUT2D eigenvalue weighted by Crippen LogP contribution is 2.10. The fourth-order valence-electron chi connectivity index (χ4n) is 0.445. The predicted molar refractivity (Wildman–Crippen MR) is 34.7 cm³/mol. The molecule has 0 aliphatic heterocycles. The van der Waals surface area contributed by atoms with E-state index < -0.39 is 5.54 Å². The summed E-state index contributed by atoms with van der Waals surface area (Å²) in [5.74, 6) is 0. The fraction of sp³-hybridized carbons (Fsp3) is 1.00. The maximum atomic E-state index is 10.2. The van der Waals surface area contributed by atoms with Crippen LogP contribution in [0.5, 0.6) is 0 Å². The van der Waals surface area contributed by atoms with E-state index in [4.69, 9.17) is 5.73 Å². The van der Waals surface area contributed by atoms with Crippen LogP contribution in [0.4, 0.5) is 0 Å². The van der Waals surface area contributed by atoms with Gasteiger partial charge in [0.15, 0.2) is 0 Å². The highest BCUT2D eigenvalue weighted by molar-refractivity contribution is 4.66. The van der Waals surface area contributed by atoms with Crippen LogP contribution in [-0.4, -0.2) is 17.0 Å². The Hall–Kier alpha value is -0.640. The molecule has 0 heterocycles. The first-order chi connectivity index (χ1) is 4.00. The SMILES string of the molecule is CC(C)(CCN)[N+](=O)[O-]. The summed E-state index contributed by atoms with van der Waals surface area (Å²) in [5, 5.41) is 10.2. The topological polar surface area (TPSA) is 69.2 Å². The van der Waals surface area contributed by atoms with Gasteiger partial charge in [-0.1, -0.05) is 0 Å². The van der Waals surface area contributed by atoms with Gasteiger partial charge < -0.3 is 5.73 Å². The molecule has 0 aromatic carbocycles. The van der Waals surface area contributed by atoms with E-state index in [2.05, 4.69) is 0 Å². The van der Waals surface area contributed by atoms with Gasteiger partial charge in [0, 0.05) is 25.2 Å². The maximum absolute atomic E-state index is 10.2. The number of nitrogens with two attached hydrogens (primary N) is 1. The molecule has 0 amide bonds. The van der Waals surface area contributed by atoms with E-state index in [1.807, 2.05) is 0 Å². The van der Waals surface area contributed by atoms with E-state index in [0.29, 0.717) is 13.0 Å². The van der Waals surface area contributed by atoms with Gasteiger partial charge in [0.1, 0.15) is 0 Å². The molecule has 2 N–H and O–H groups in total. The summed E-state index contributed by atoms with van der Waals surface area (Å²) in [5.41, 5.74) is 4.30. The zero-order valence-corrected chi connectivity index (χ0v) is 5.76. The molecular weight excluding hydrogens is 120 g/mol. The van der Waals surface area contributed by atoms with Crippen molar-refractivity contribution in [2.45, 2.75) is 25.8 Å². The van der Waals surface area contributed by atoms with Crippen LogP contribution in [0.1, 0.15) is 20.3 Å². The van der Waals surface area contributed by atoms with Crippen LogP contribution < -0.4 is 5.73 Å². The summed E-state index contributed by atoms with van der Waals surface area (Å²) >= 11 is 0. The molecule has 0 saturated heterocycles. The Balaban J connectivity index is 3.85. The van der Waals surface area contributed by atoms with Crippen LogP contribution >= 0.6 is 0 Å². The third-order valence-electron chi connectivity index (χ3n) is 1.25. The molecular formula is C5H12N2O2. The van der Waals surface area contributed by atoms with Gasteiger partial charge in [0.05, 0.1) is 0 Å². The Morgan fingerprint density at radius 2 is 2.11 bits per heavy atom. The van der Waals surface area contributed by atoms with Crippen molar-refractivity contribution in [1.82, 2.24) is 0 Å². The van der Waals surface area contributed by atoms with Crippen LogP contribution in [0.15, 0.2) is 0 Å². The second-order valence-electron chi connectivity index (χ2n) is 2.61. The highest BCUT2D eigenvalue weighted by atomic mass is 16.6. The molecule has 0 saturated carbocycles. The first kappa shape index (κ1) is 8.36. The molecule has 0 aliphatic rings. The van der Waals surface area contributed by atoms with Crippen LogP contribution in [0.2, 0.25) is 0 Å². The quantitative estimate of drug-likeness (QED) is 0.446. The Kier molecular flexibility index (Phi) is 2.58. The monoisotopic (exact) mass is 132 g/mol. The van der Waals surface area contributed by atoms with E-state index in [1.165, 1.54) is 0 Å². The first-order valence-corrected chi connectivity index (χ1v) is 2.85. The van der Waals surface area contributed by atoms with Crippen molar-refractivity contribution < 1.29 is 4.92 Å². The summed E-state index contributed by atoms with van der Waals surface area (Å²) in [7, 11) is 0. The van der Waals surface area contributed by atoms with E-state index in [9.17, 15) is 10.1 Å². The van der Waals surface area contributed by atoms with Gasteiger partial charge in [-0.3, -0.25) is 10.1 Å². The molecule has 0 rings (SSSR count). The normalized spacial score (nSPS) is 11.4. The van der Waals surface area contributed by atoms with E-state index in [0.717, 1.165) is 0 Å². The number of rotatable bonds is 3. The lowest BCUT2D eigenvalue weighted by Crippen LogP contribution is -2.33. The van der Waals surface area contributed by atoms with Crippen molar-refractivity contribution in [2.75, 3.05) is 6.54 Å². The number of nitrogens with zero attached hydrogens (tertiary/aromatic N) is 1. The Morgan fingerprint density at radius 3 is 2.22 bits per heavy atom. The number of nitro groups is 1. The summed E-state index contributed by atoms with van der Waals surface area (Å²) in [6, 6.07) is 0. The summed E-state index contributed by atoms with van der Waals surface area (Å²) in [6.07, 6.45) is 0.431. The van der Waals surface area contributed by atoms with Gasteiger partial charge in [-0.2, -0.15) is 0 Å². The second kappa shape index (κ2) is 2.77. The second-order valence-corrected chi connectivity index (χ2v) is 2.61. The molecule has 0 bridgehead atoms. The molecule has 0 aromatic heterocycles. The number of hydrogen-bond donors (Lipinski definition) is 1. The third kappa shape index (κ3) is 2.41. The zero-order chi connectivity index (χ0) is 7.49. The third-order valence-corrected chi connectivity index (χ3v) is 1.25. The summed E-state index contributed by atoms with van der Waals surface area (Å²) < 4.78 is 0. The van der Waals surface area contributed by atoms with Crippen LogP contribution in [0.25, 0.3) is 0 Å². The standard InChI is InChI=1S/C5H12N2O2/c1-5(2,3-4-6)7(8)9/h3-4,6H2,1-2H3. The lowest BCUT2D eigenvalue weighted by Gasteiger charge is -2.12. The van der Waals surface area contributed by atoms with Gasteiger partial charge in [0.25, 0.3) is 0 Å². The zero-order valence-electron chi connectivity index (χ0n) is 5.76. The smallest absolute Gasteiger partial charge is 0.218 e. The molecule has 0 fully saturated rings. The maximum Gasteiger partial charge on any atom is 0.218 e. The molecule has 9 heavy (non-hydrogen) atoms. The van der Waals surface area contributed by atoms with Crippen LogP contribution in [0.3, 0.4) is 0 Å². The van der Waals surface area contributed by atoms with Gasteiger partial charge in [-0.05, 0) is 6.54 Å². The van der Waals surface area contributed by atoms with Gasteiger partial charge in [-0.15, -0.1) is 0 Å². The van der Waals surface area contributed by atoms with Crippen LogP contribution in [0, 0.1) is 10.1 Å². The lowest BCUT2D eigenvalue weighted by molar-refractivity contribution is -0.561. The van der Waals surface area contributed by atoms with E-state index >= 15 is 0 Å². The highest BCUT2D eigenvalue weighted by Gasteiger charge is 2.28. The van der Waals surface area contributed by atoms with Crippen molar-refractivity contribution in [2.24, 2.45) is 5.73 Å². The molecule has 0 atom stereocenters. The van der Waals surface area contributed by atoms with E-state index in [-0.39, 0.29) is 4.92 Å². The van der Waals surface area contributed by atoms with Crippen molar-refractivity contribution in [3.63, 3.8) is 0 Å². The molecule has 54 valence electrons. The molecule has 0 spiro atoms. The Morgan fingerprint density at radius 1 is 1.67 bits per heavy atom. The molecule has 0 unspecified atom stereocenters. The molecule has 4 heteroatoms. The average molecular weight is 132 g/mol. The van der Waals surface area contributed by atoms with Crippen molar-refractivity contribution >= 4 is 0 Å². The van der Waals surface area contributed by atoms with Gasteiger partial charge in [0.2, 0.25) is 5.54 Å². The predicted octanol–water partition coefficient (Wildman–Crippen LogP) is 0.391. The fourth-order valence-corrected chi connectivity index (χ4v) is 0.445. The largest absolute Gasteiger partial charge is 0.330 e. The first-order valence-electron chi connectivity index (χ1n) is 2.85. The van der Waals surface area contributed by atoms with Crippen molar-refractivity contribution in [3.05, 3.63) is 10.1 Å². The molecule has 0 aromatic rings. The van der Waals surface area contributed by atoms with Crippen molar-refractivity contribution in [3.8, 4) is 0 Å². The number of hydrogen-bond acceptors (Lipinski definition) is 3. The molecule has 4 nitrogen and oxygen atoms in total. The Bertz CT molecular complexity index is 112. The Labute approximate surface area is 54.2 Å². The van der Waals surface area contributed by atoms with Gasteiger partial charge in [-0.25, -0.2) is 0 Å². The minimum Gasteiger partial charge on any atom is -0.330 e. The minimum absolute atomic E-state index is 0.306. The van der Waals surface area contributed by atoms with E-state index in [1.54, 1.807) is 13.8 Å². The average Bonchev–Trinajstić information content (AvgIpc) is 1.65. The molecule has 0 aliphatic carbocycles. The van der Waals surface area contributed by atoms with Gasteiger partial charge >= 0.3 is 0 Å². The van der Waals surface area contributed by atoms with Crippen LogP contribution in [-0.2, 0) is 0 Å². The summed E-state index contributed by atoms with van der Waals surface area (Å²) in [4.78, 5) is 9.86. The summed E-state index contributed by atoms with van der Waals surface area (Å²) in [6.45, 7) is 3.51. The minimum atomic E-state index is -0.852. The van der Waals surface area contributed by atoms with Crippen molar-refractivity contribution in [1.29, 1.82) is 0 Å². The molecule has 0 radical (unpaired) electrons. The lowest BCUT2D eigenvalue weighted by atomic mass is 10.0.